The van der Waals surface area contributed by atoms with Gasteiger partial charge in [-0.05, 0) is 200 Å². The van der Waals surface area contributed by atoms with Crippen molar-refractivity contribution in [1.29, 1.82) is 0 Å². The summed E-state index contributed by atoms with van der Waals surface area (Å²) >= 11 is 3.73. The summed E-state index contributed by atoms with van der Waals surface area (Å²) in [5.41, 5.74) is 11.6. The van der Waals surface area contributed by atoms with Gasteiger partial charge in [0.1, 0.15) is 45.4 Å². The maximum atomic E-state index is 5.45. The molecule has 0 N–H and O–H groups in total. The largest absolute Gasteiger partial charge is 0.461 e. The summed E-state index contributed by atoms with van der Waals surface area (Å²) in [5.74, 6) is 3.91. The maximum absolute atomic E-state index is 5.45. The summed E-state index contributed by atoms with van der Waals surface area (Å²) in [6.45, 7) is 72.7. The molecule has 0 aliphatic rings. The summed E-state index contributed by atoms with van der Waals surface area (Å²) in [6.07, 6.45) is 0. The summed E-state index contributed by atoms with van der Waals surface area (Å²) in [7, 11) is 0. The molecule has 0 spiro atoms. The van der Waals surface area contributed by atoms with Crippen LogP contribution in [-0.4, -0.2) is 0 Å². The van der Waals surface area contributed by atoms with Gasteiger partial charge in [-0.25, -0.2) is 0 Å². The average Bonchev–Trinajstić information content (AvgIpc) is 1.81. The molecule has 6 aromatic carbocycles. The predicted octanol–water partition coefficient (Wildman–Crippen LogP) is 34.7. The molecule has 0 fully saturated rings. The van der Waals surface area contributed by atoms with Gasteiger partial charge in [-0.15, -0.1) is 22.7 Å². The number of fused-ring (bicyclic) bond motifs is 6. The lowest BCUT2D eigenvalue weighted by molar-refractivity contribution is 0.578. The van der Waals surface area contributed by atoms with Gasteiger partial charge in [0, 0.05) is 40.7 Å². The number of hydrogen-bond acceptors (Lipinski definition) is 6. The summed E-state index contributed by atoms with van der Waals surface area (Å²) in [6, 6.07) is 50.8. The van der Waals surface area contributed by atoms with E-state index in [4.69, 9.17) is 17.7 Å². The normalized spacial score (nSPS) is 8.21. The first-order valence-corrected chi connectivity index (χ1v) is 36.0. The van der Waals surface area contributed by atoms with Crippen LogP contribution in [0.3, 0.4) is 0 Å². The molecule has 95 heavy (non-hydrogen) atoms. The van der Waals surface area contributed by atoms with E-state index in [1.807, 2.05) is 217 Å². The molecule has 0 aliphatic heterocycles. The SMILES string of the molecule is C.C.C.C.C.CC.CC.CC.CC.CC.CC.CC.CC.CC.CC.CC.CC.Cc1ccc2cc(C)oc2c1.Cc1ccc2cc(C)oc2c1.Cc1ccc2cc(C)oc2c1.Cc1ccc2cc(C)oc2c1.Cc1ccc2cc(C)sc2c1.Cc1ccc2cc(C)sc2c1. The Balaban J connectivity index is -0.0000000920. The van der Waals surface area contributed by atoms with Crippen LogP contribution in [0, 0.1) is 83.1 Å². The molecule has 0 bridgehead atoms. The van der Waals surface area contributed by atoms with Gasteiger partial charge < -0.3 is 17.7 Å². The Kier molecular flexibility index (Phi) is 85.1. The molecule has 0 unspecified atom stereocenters. The van der Waals surface area contributed by atoms with Gasteiger partial charge in [0.15, 0.2) is 0 Å². The quantitative estimate of drug-likeness (QED) is 0.152. The monoisotopic (exact) mass is 1350 g/mol. The molecule has 12 rings (SSSR count). The summed E-state index contributed by atoms with van der Waals surface area (Å²) in [5, 5.41) is 7.50. The van der Waals surface area contributed by atoms with Gasteiger partial charge in [0.05, 0.1) is 0 Å². The number of furan rings is 4. The molecule has 6 heterocycles. The van der Waals surface area contributed by atoms with E-state index in [1.165, 1.54) is 84.9 Å². The van der Waals surface area contributed by atoms with E-state index in [-0.39, 0.29) is 37.1 Å². The van der Waals surface area contributed by atoms with Crippen LogP contribution in [0.4, 0.5) is 0 Å². The Morgan fingerprint density at radius 3 is 0.526 bits per heavy atom. The lowest BCUT2D eigenvalue weighted by Gasteiger charge is -1.89. The highest BCUT2D eigenvalue weighted by atomic mass is 32.1. The summed E-state index contributed by atoms with van der Waals surface area (Å²) in [4.78, 5) is 2.79. The molecule has 4 nitrogen and oxygen atoms in total. The van der Waals surface area contributed by atoms with Crippen LogP contribution in [0.15, 0.2) is 163 Å². The molecule has 6 aromatic heterocycles. The van der Waals surface area contributed by atoms with Crippen LogP contribution in [0.5, 0.6) is 0 Å². The third-order valence-electron chi connectivity index (χ3n) is 10.8. The lowest BCUT2D eigenvalue weighted by Crippen LogP contribution is -1.67. The van der Waals surface area contributed by atoms with Crippen molar-refractivity contribution in [3.8, 4) is 0 Å². The van der Waals surface area contributed by atoms with Gasteiger partial charge >= 0.3 is 0 Å². The second-order valence-electron chi connectivity index (χ2n) is 17.4. The van der Waals surface area contributed by atoms with Crippen molar-refractivity contribution in [2.45, 2.75) is 286 Å². The van der Waals surface area contributed by atoms with Crippen LogP contribution >= 0.6 is 22.7 Å². The Morgan fingerprint density at radius 2 is 0.347 bits per heavy atom. The molecule has 12 aromatic rings. The van der Waals surface area contributed by atoms with Crippen molar-refractivity contribution < 1.29 is 17.7 Å². The first-order valence-electron chi connectivity index (χ1n) is 34.3. The second-order valence-corrected chi connectivity index (χ2v) is 20.0. The van der Waals surface area contributed by atoms with Crippen molar-refractivity contribution in [3.63, 3.8) is 0 Å². The molecule has 0 saturated heterocycles. The third kappa shape index (κ3) is 44.7. The Morgan fingerprint density at radius 1 is 0.189 bits per heavy atom. The van der Waals surface area contributed by atoms with E-state index in [0.717, 1.165) is 45.4 Å². The van der Waals surface area contributed by atoms with Gasteiger partial charge in [-0.1, -0.05) is 276 Å². The van der Waals surface area contributed by atoms with Crippen LogP contribution in [0.2, 0.25) is 0 Å². The topological polar surface area (TPSA) is 52.6 Å². The van der Waals surface area contributed by atoms with Crippen molar-refractivity contribution in [1.82, 2.24) is 0 Å². The minimum absolute atomic E-state index is 0. The molecule has 0 aliphatic carbocycles. The van der Waals surface area contributed by atoms with Crippen molar-refractivity contribution >= 4 is 86.7 Å². The minimum Gasteiger partial charge on any atom is -0.461 e. The highest BCUT2D eigenvalue weighted by Crippen LogP contribution is 2.27. The van der Waals surface area contributed by atoms with Gasteiger partial charge in [0.25, 0.3) is 0 Å². The zero-order valence-electron chi connectivity index (χ0n) is 64.3. The minimum atomic E-state index is 0. The van der Waals surface area contributed by atoms with E-state index in [1.54, 1.807) is 0 Å². The van der Waals surface area contributed by atoms with E-state index in [9.17, 15) is 0 Å². The van der Waals surface area contributed by atoms with Crippen LogP contribution in [-0.2, 0) is 0 Å². The van der Waals surface area contributed by atoms with E-state index in [0.29, 0.717) is 0 Å². The molecule has 0 atom stereocenters. The first-order chi connectivity index (χ1) is 43.5. The third-order valence-corrected chi connectivity index (χ3v) is 12.8. The van der Waals surface area contributed by atoms with E-state index < -0.39 is 0 Å². The molecular formula is C89H152O4S2. The fraction of sp³-hybridized carbons (Fsp3) is 0.461. The molecule has 544 valence electrons. The predicted molar refractivity (Wildman–Crippen MR) is 455 cm³/mol. The molecular weight excluding hydrogens is 1200 g/mol. The number of hydrogen-bond donors (Lipinski definition) is 0. The Labute approximate surface area is 598 Å². The molecule has 0 saturated carbocycles. The smallest absolute Gasteiger partial charge is 0.134 e. The zero-order chi connectivity index (χ0) is 71.1. The van der Waals surface area contributed by atoms with Gasteiger partial charge in [0.2, 0.25) is 0 Å². The number of benzene rings is 6. The number of rotatable bonds is 0. The van der Waals surface area contributed by atoms with E-state index >= 15 is 0 Å². The molecule has 0 radical (unpaired) electrons. The second kappa shape index (κ2) is 71.7. The number of thiophene rings is 2. The van der Waals surface area contributed by atoms with Crippen LogP contribution in [0.1, 0.15) is 269 Å². The lowest BCUT2D eigenvalue weighted by atomic mass is 10.2. The van der Waals surface area contributed by atoms with Crippen molar-refractivity contribution in [3.05, 3.63) is 212 Å². The van der Waals surface area contributed by atoms with E-state index in [2.05, 4.69) is 201 Å². The summed E-state index contributed by atoms with van der Waals surface area (Å²) < 4.78 is 24.6. The fourth-order valence-corrected chi connectivity index (χ4v) is 9.67. The standard InChI is InChI=1S/4C10H10O.2C10H10S.12C2H6.5CH4/c6*1-7-3-4-9-6-8(2)11-10(9)5-7;12*1-2;;;;;/h6*3-6H,1-2H3;12*1-2H3;5*1H4. The molecule has 6 heteroatoms. The fourth-order valence-electron chi connectivity index (χ4n) is 7.63. The Hall–Kier alpha value is -6.60. The van der Waals surface area contributed by atoms with Gasteiger partial charge in [-0.2, -0.15) is 0 Å². The first kappa shape index (κ1) is 113. The Bertz CT molecular complexity index is 2920. The van der Waals surface area contributed by atoms with Crippen LogP contribution < -0.4 is 0 Å². The number of aryl methyl sites for hydroxylation is 12. The zero-order valence-corrected chi connectivity index (χ0v) is 65.9. The molecule has 0 amide bonds. The highest BCUT2D eigenvalue weighted by Gasteiger charge is 2.02. The highest BCUT2D eigenvalue weighted by molar-refractivity contribution is 7.19. The van der Waals surface area contributed by atoms with Gasteiger partial charge in [-0.3, -0.25) is 0 Å². The maximum Gasteiger partial charge on any atom is 0.134 e. The average molecular weight is 1350 g/mol. The van der Waals surface area contributed by atoms with Crippen molar-refractivity contribution in [2.75, 3.05) is 0 Å². The van der Waals surface area contributed by atoms with Crippen molar-refractivity contribution in [2.24, 2.45) is 0 Å². The van der Waals surface area contributed by atoms with Crippen LogP contribution in [0.25, 0.3) is 64.0 Å².